The lowest BCUT2D eigenvalue weighted by Crippen LogP contribution is -2.14. The van der Waals surface area contributed by atoms with Crippen molar-refractivity contribution in [3.05, 3.63) is 60.7 Å². The maximum absolute atomic E-state index is 5.61. The van der Waals surface area contributed by atoms with Crippen LogP contribution in [-0.2, 0) is 0 Å². The molecular formula is C18H16N4O. The van der Waals surface area contributed by atoms with E-state index in [0.29, 0.717) is 12.6 Å². The zero-order valence-electron chi connectivity index (χ0n) is 12.5. The smallest absolute Gasteiger partial charge is 0.295 e. The number of benzene rings is 2. The van der Waals surface area contributed by atoms with Gasteiger partial charge in [-0.05, 0) is 30.3 Å². The summed E-state index contributed by atoms with van der Waals surface area (Å²) in [6.45, 7) is 1.42. The number of nitrogens with zero attached hydrogens (tertiary/aromatic N) is 2. The Bertz CT molecular complexity index is 915. The topological polar surface area (TPSA) is 63.0 Å². The third kappa shape index (κ3) is 2.94. The molecule has 0 saturated carbocycles. The lowest BCUT2D eigenvalue weighted by atomic mass is 10.2. The molecule has 4 aromatic rings. The van der Waals surface area contributed by atoms with Crippen molar-refractivity contribution in [2.45, 2.75) is 0 Å². The van der Waals surface area contributed by atoms with Crippen molar-refractivity contribution in [1.82, 2.24) is 9.97 Å². The summed E-state index contributed by atoms with van der Waals surface area (Å²) in [5.41, 5.74) is 2.64. The molecule has 0 bridgehead atoms. The average Bonchev–Trinajstić information content (AvgIpc) is 3.01. The Labute approximate surface area is 133 Å². The molecule has 114 valence electrons. The number of aromatic nitrogens is 2. The van der Waals surface area contributed by atoms with Gasteiger partial charge in [-0.25, -0.2) is 4.98 Å². The second kappa shape index (κ2) is 5.96. The van der Waals surface area contributed by atoms with Crippen molar-refractivity contribution in [3.8, 4) is 0 Å². The lowest BCUT2D eigenvalue weighted by molar-refractivity contribution is 0.615. The first-order valence-corrected chi connectivity index (χ1v) is 7.58. The van der Waals surface area contributed by atoms with E-state index in [2.05, 4.69) is 32.7 Å². The second-order valence-electron chi connectivity index (χ2n) is 5.23. The van der Waals surface area contributed by atoms with Crippen molar-refractivity contribution in [1.29, 1.82) is 0 Å². The van der Waals surface area contributed by atoms with Crippen LogP contribution in [0.5, 0.6) is 0 Å². The first-order valence-electron chi connectivity index (χ1n) is 7.58. The highest BCUT2D eigenvalue weighted by Crippen LogP contribution is 2.18. The minimum Gasteiger partial charge on any atom is -0.424 e. The van der Waals surface area contributed by atoms with Gasteiger partial charge in [0.2, 0.25) is 0 Å². The van der Waals surface area contributed by atoms with E-state index in [1.807, 2.05) is 48.5 Å². The number of nitrogens with one attached hydrogen (secondary N) is 2. The van der Waals surface area contributed by atoms with Gasteiger partial charge < -0.3 is 15.1 Å². The summed E-state index contributed by atoms with van der Waals surface area (Å²) in [5, 5.41) is 7.61. The molecule has 2 aromatic carbocycles. The van der Waals surface area contributed by atoms with E-state index < -0.39 is 0 Å². The molecule has 4 rings (SSSR count). The summed E-state index contributed by atoms with van der Waals surface area (Å²) < 4.78 is 5.61. The zero-order valence-corrected chi connectivity index (χ0v) is 12.5. The molecule has 0 unspecified atom stereocenters. The van der Waals surface area contributed by atoms with E-state index in [9.17, 15) is 0 Å². The standard InChI is InChI=1S/C18H16N4O/c1-2-6-14-13(5-1)9-10-17(21-14)19-11-12-20-18-22-15-7-3-4-8-16(15)23-18/h1-10H,11-12H2,(H,19,21)(H,20,22). The number of hydrogen-bond donors (Lipinski definition) is 2. The Morgan fingerprint density at radius 1 is 0.739 bits per heavy atom. The molecule has 2 aromatic heterocycles. The van der Waals surface area contributed by atoms with Crippen LogP contribution in [0, 0.1) is 0 Å². The van der Waals surface area contributed by atoms with Crippen molar-refractivity contribution in [3.63, 3.8) is 0 Å². The quantitative estimate of drug-likeness (QED) is 0.547. The minimum absolute atomic E-state index is 0.541. The Hall–Kier alpha value is -3.08. The molecule has 2 heterocycles. The number of para-hydroxylation sites is 3. The summed E-state index contributed by atoms with van der Waals surface area (Å²) in [4.78, 5) is 8.95. The predicted molar refractivity (Wildman–Crippen MR) is 92.7 cm³/mol. The first kappa shape index (κ1) is 13.6. The van der Waals surface area contributed by atoms with Crippen LogP contribution in [-0.4, -0.2) is 23.1 Å². The molecule has 0 aliphatic heterocycles. The number of pyridine rings is 1. The van der Waals surface area contributed by atoms with Gasteiger partial charge in [-0.15, -0.1) is 0 Å². The highest BCUT2D eigenvalue weighted by molar-refractivity contribution is 5.80. The average molecular weight is 304 g/mol. The molecule has 0 aliphatic rings. The van der Waals surface area contributed by atoms with Crippen molar-refractivity contribution >= 4 is 33.8 Å². The fourth-order valence-electron chi connectivity index (χ4n) is 2.47. The summed E-state index contributed by atoms with van der Waals surface area (Å²) in [5.74, 6) is 0.864. The van der Waals surface area contributed by atoms with Gasteiger partial charge >= 0.3 is 0 Å². The van der Waals surface area contributed by atoms with Crippen LogP contribution in [0.3, 0.4) is 0 Å². The van der Waals surface area contributed by atoms with Crippen molar-refractivity contribution < 1.29 is 4.42 Å². The van der Waals surface area contributed by atoms with E-state index >= 15 is 0 Å². The molecule has 0 spiro atoms. The van der Waals surface area contributed by atoms with Gasteiger partial charge in [0.05, 0.1) is 5.52 Å². The molecule has 5 heteroatoms. The Morgan fingerprint density at radius 3 is 2.43 bits per heavy atom. The largest absolute Gasteiger partial charge is 0.424 e. The normalized spacial score (nSPS) is 11.0. The van der Waals surface area contributed by atoms with E-state index in [0.717, 1.165) is 34.4 Å². The molecule has 2 N–H and O–H groups in total. The summed E-state index contributed by atoms with van der Waals surface area (Å²) in [6.07, 6.45) is 0. The number of anilines is 2. The van der Waals surface area contributed by atoms with Gasteiger partial charge in [-0.1, -0.05) is 30.3 Å². The molecule has 0 amide bonds. The maximum Gasteiger partial charge on any atom is 0.295 e. The van der Waals surface area contributed by atoms with Crippen LogP contribution in [0.4, 0.5) is 11.8 Å². The van der Waals surface area contributed by atoms with Gasteiger partial charge in [0.15, 0.2) is 5.58 Å². The summed E-state index contributed by atoms with van der Waals surface area (Å²) >= 11 is 0. The number of oxazole rings is 1. The fraction of sp³-hybridized carbons (Fsp3) is 0.111. The van der Waals surface area contributed by atoms with Gasteiger partial charge in [0.1, 0.15) is 11.3 Å². The van der Waals surface area contributed by atoms with E-state index in [-0.39, 0.29) is 0 Å². The highest BCUT2D eigenvalue weighted by Gasteiger charge is 2.03. The molecule has 23 heavy (non-hydrogen) atoms. The summed E-state index contributed by atoms with van der Waals surface area (Å²) in [6, 6.07) is 20.4. The first-order chi connectivity index (χ1) is 11.4. The summed E-state index contributed by atoms with van der Waals surface area (Å²) in [7, 11) is 0. The van der Waals surface area contributed by atoms with Crippen LogP contribution in [0.2, 0.25) is 0 Å². The van der Waals surface area contributed by atoms with E-state index in [1.165, 1.54) is 0 Å². The molecular weight excluding hydrogens is 288 g/mol. The molecule has 5 nitrogen and oxygen atoms in total. The maximum atomic E-state index is 5.61. The Kier molecular flexibility index (Phi) is 3.52. The van der Waals surface area contributed by atoms with Crippen LogP contribution in [0.15, 0.2) is 65.1 Å². The molecule has 0 fully saturated rings. The monoisotopic (exact) mass is 304 g/mol. The molecule has 0 atom stereocenters. The number of fused-ring (bicyclic) bond motifs is 2. The lowest BCUT2D eigenvalue weighted by Gasteiger charge is -2.06. The van der Waals surface area contributed by atoms with Gasteiger partial charge in [0.25, 0.3) is 6.01 Å². The van der Waals surface area contributed by atoms with Crippen molar-refractivity contribution in [2.24, 2.45) is 0 Å². The van der Waals surface area contributed by atoms with Gasteiger partial charge in [-0.3, -0.25) is 0 Å². The predicted octanol–water partition coefficient (Wildman–Crippen LogP) is 3.90. The van der Waals surface area contributed by atoms with Crippen LogP contribution < -0.4 is 10.6 Å². The fourth-order valence-corrected chi connectivity index (χ4v) is 2.47. The van der Waals surface area contributed by atoms with Crippen LogP contribution in [0.25, 0.3) is 22.0 Å². The molecule has 0 radical (unpaired) electrons. The second-order valence-corrected chi connectivity index (χ2v) is 5.23. The Morgan fingerprint density at radius 2 is 1.52 bits per heavy atom. The molecule has 0 aliphatic carbocycles. The molecule has 0 saturated heterocycles. The third-order valence-corrected chi connectivity index (χ3v) is 3.60. The van der Waals surface area contributed by atoms with Crippen LogP contribution >= 0.6 is 0 Å². The number of rotatable bonds is 5. The number of hydrogen-bond acceptors (Lipinski definition) is 5. The zero-order chi connectivity index (χ0) is 15.5. The SMILES string of the molecule is c1ccc2nc(NCCNc3nc4ccccc4o3)ccc2c1. The third-order valence-electron chi connectivity index (χ3n) is 3.60. The minimum atomic E-state index is 0.541. The Balaban J connectivity index is 1.35. The van der Waals surface area contributed by atoms with E-state index in [1.54, 1.807) is 0 Å². The van der Waals surface area contributed by atoms with Crippen LogP contribution in [0.1, 0.15) is 0 Å². The van der Waals surface area contributed by atoms with Gasteiger partial charge in [0, 0.05) is 18.5 Å². The van der Waals surface area contributed by atoms with Crippen molar-refractivity contribution in [2.75, 3.05) is 23.7 Å². The van der Waals surface area contributed by atoms with Gasteiger partial charge in [-0.2, -0.15) is 4.98 Å². The van der Waals surface area contributed by atoms with E-state index in [4.69, 9.17) is 4.42 Å². The highest BCUT2D eigenvalue weighted by atomic mass is 16.4.